The van der Waals surface area contributed by atoms with E-state index in [1.54, 1.807) is 6.07 Å². The number of hydrogen-bond donors (Lipinski definition) is 1. The van der Waals surface area contributed by atoms with Gasteiger partial charge in [-0.2, -0.15) is 0 Å². The molecule has 2 heterocycles. The number of aliphatic hydroxyl groups excluding tert-OH is 1. The molecule has 25 heavy (non-hydrogen) atoms. The predicted octanol–water partition coefficient (Wildman–Crippen LogP) is 3.36. The third kappa shape index (κ3) is 2.12. The quantitative estimate of drug-likeness (QED) is 0.780. The number of fused-ring (bicyclic) bond motifs is 3. The SMILES string of the molecule is Cc1nc2c3c(ccc2n1C1CC1)C(=O)[C@H](O)[C@@H](c1ccccc1)O3. The molecule has 5 rings (SSSR count). The summed E-state index contributed by atoms with van der Waals surface area (Å²) in [6.07, 6.45) is 0.403. The van der Waals surface area contributed by atoms with Crippen LogP contribution < -0.4 is 4.74 Å². The molecule has 1 saturated carbocycles. The lowest BCUT2D eigenvalue weighted by atomic mass is 9.93. The lowest BCUT2D eigenvalue weighted by Crippen LogP contribution is -2.36. The van der Waals surface area contributed by atoms with Gasteiger partial charge in [0, 0.05) is 6.04 Å². The van der Waals surface area contributed by atoms with Gasteiger partial charge in [-0.25, -0.2) is 4.98 Å². The number of aryl methyl sites for hydroxylation is 1. The lowest BCUT2D eigenvalue weighted by molar-refractivity contribution is 0.0223. The van der Waals surface area contributed by atoms with Crippen LogP contribution in [0.25, 0.3) is 11.0 Å². The number of Topliss-reactive ketones (excluding diaryl/α,β-unsaturated/α-hetero) is 1. The molecule has 1 aliphatic heterocycles. The van der Waals surface area contributed by atoms with Crippen molar-refractivity contribution in [1.82, 2.24) is 9.55 Å². The molecule has 1 N–H and O–H groups in total. The Morgan fingerprint density at radius 1 is 1.16 bits per heavy atom. The Hall–Kier alpha value is -2.66. The Morgan fingerprint density at radius 2 is 1.92 bits per heavy atom. The molecule has 0 saturated heterocycles. The normalized spacial score (nSPS) is 22.7. The van der Waals surface area contributed by atoms with Crippen LogP contribution in [-0.2, 0) is 0 Å². The average Bonchev–Trinajstić information content (AvgIpc) is 3.40. The van der Waals surface area contributed by atoms with Gasteiger partial charge in [-0.05, 0) is 37.5 Å². The Balaban J connectivity index is 1.69. The maximum Gasteiger partial charge on any atom is 0.199 e. The molecule has 0 spiro atoms. The van der Waals surface area contributed by atoms with Crippen molar-refractivity contribution in [3.63, 3.8) is 0 Å². The Bertz CT molecular complexity index is 989. The summed E-state index contributed by atoms with van der Waals surface area (Å²) in [5.41, 5.74) is 2.90. The number of benzene rings is 2. The molecule has 3 aromatic rings. The number of carbonyl (C=O) groups excluding carboxylic acids is 1. The van der Waals surface area contributed by atoms with Crippen LogP contribution in [0.5, 0.6) is 5.75 Å². The van der Waals surface area contributed by atoms with E-state index in [1.807, 2.05) is 43.3 Å². The molecule has 0 bridgehead atoms. The molecule has 2 atom stereocenters. The average molecular weight is 334 g/mol. The lowest BCUT2D eigenvalue weighted by Gasteiger charge is -2.29. The Kier molecular flexibility index (Phi) is 3.03. The van der Waals surface area contributed by atoms with Crippen molar-refractivity contribution in [3.05, 3.63) is 59.4 Å². The van der Waals surface area contributed by atoms with Gasteiger partial charge in [-0.3, -0.25) is 4.79 Å². The van der Waals surface area contributed by atoms with Gasteiger partial charge in [-0.1, -0.05) is 30.3 Å². The molecule has 0 radical (unpaired) electrons. The fourth-order valence-electron chi connectivity index (χ4n) is 3.74. The topological polar surface area (TPSA) is 64.4 Å². The first-order chi connectivity index (χ1) is 12.1. The van der Waals surface area contributed by atoms with Crippen LogP contribution in [0.15, 0.2) is 42.5 Å². The van der Waals surface area contributed by atoms with Crippen LogP contribution in [0, 0.1) is 6.92 Å². The molecule has 2 aromatic carbocycles. The van der Waals surface area contributed by atoms with E-state index in [1.165, 1.54) is 0 Å². The van der Waals surface area contributed by atoms with Gasteiger partial charge in [-0.15, -0.1) is 0 Å². The van der Waals surface area contributed by atoms with Crippen molar-refractivity contribution in [2.45, 2.75) is 38.0 Å². The summed E-state index contributed by atoms with van der Waals surface area (Å²) < 4.78 is 8.36. The standard InChI is InChI=1S/C20H18N2O3/c1-11-21-16-15(22(11)13-7-8-13)10-9-14-17(23)18(24)19(25-20(14)16)12-5-3-2-4-6-12/h2-6,9-10,13,18-19,24H,7-8H2,1H3/t18-,19+/m0/s1. The van der Waals surface area contributed by atoms with Crippen molar-refractivity contribution < 1.29 is 14.6 Å². The van der Waals surface area contributed by atoms with Crippen LogP contribution in [0.2, 0.25) is 0 Å². The van der Waals surface area contributed by atoms with Gasteiger partial charge >= 0.3 is 0 Å². The van der Waals surface area contributed by atoms with Crippen LogP contribution in [-0.4, -0.2) is 26.5 Å². The van der Waals surface area contributed by atoms with Crippen LogP contribution in [0.3, 0.4) is 0 Å². The zero-order chi connectivity index (χ0) is 17.1. The fourth-order valence-corrected chi connectivity index (χ4v) is 3.74. The van der Waals surface area contributed by atoms with E-state index in [0.717, 1.165) is 29.7 Å². The number of hydrogen-bond acceptors (Lipinski definition) is 4. The number of aromatic nitrogens is 2. The molecule has 1 aromatic heterocycles. The van der Waals surface area contributed by atoms with Crippen molar-refractivity contribution in [2.24, 2.45) is 0 Å². The minimum atomic E-state index is -1.21. The molecule has 1 aliphatic carbocycles. The number of ketones is 1. The van der Waals surface area contributed by atoms with E-state index in [9.17, 15) is 9.90 Å². The molecule has 0 unspecified atom stereocenters. The van der Waals surface area contributed by atoms with Gasteiger partial charge in [0.25, 0.3) is 0 Å². The zero-order valence-corrected chi connectivity index (χ0v) is 13.8. The number of ether oxygens (including phenoxy) is 1. The minimum Gasteiger partial charge on any atom is -0.479 e. The highest BCUT2D eigenvalue weighted by atomic mass is 16.5. The summed E-state index contributed by atoms with van der Waals surface area (Å²) in [6, 6.07) is 13.5. The van der Waals surface area contributed by atoms with E-state index in [-0.39, 0.29) is 5.78 Å². The summed E-state index contributed by atoms with van der Waals surface area (Å²) in [5, 5.41) is 10.5. The van der Waals surface area contributed by atoms with Crippen LogP contribution >= 0.6 is 0 Å². The number of rotatable bonds is 2. The van der Waals surface area contributed by atoms with E-state index in [4.69, 9.17) is 4.74 Å². The van der Waals surface area contributed by atoms with Gasteiger partial charge in [0.2, 0.25) is 0 Å². The van der Waals surface area contributed by atoms with Crippen molar-refractivity contribution >= 4 is 16.8 Å². The van der Waals surface area contributed by atoms with E-state index >= 15 is 0 Å². The summed E-state index contributed by atoms with van der Waals surface area (Å²) in [5.74, 6) is 1.11. The number of imidazole rings is 1. The zero-order valence-electron chi connectivity index (χ0n) is 13.8. The highest BCUT2D eigenvalue weighted by Crippen LogP contribution is 2.43. The van der Waals surface area contributed by atoms with E-state index in [0.29, 0.717) is 22.9 Å². The largest absolute Gasteiger partial charge is 0.479 e. The first kappa shape index (κ1) is 14.7. The second-order valence-electron chi connectivity index (χ2n) is 6.83. The highest BCUT2D eigenvalue weighted by molar-refractivity contribution is 6.07. The summed E-state index contributed by atoms with van der Waals surface area (Å²) in [6.45, 7) is 1.99. The van der Waals surface area contributed by atoms with Crippen LogP contribution in [0.4, 0.5) is 0 Å². The molecule has 5 heteroatoms. The van der Waals surface area contributed by atoms with Crippen LogP contribution in [0.1, 0.15) is 46.7 Å². The third-order valence-electron chi connectivity index (χ3n) is 5.10. The van der Waals surface area contributed by atoms with Gasteiger partial charge in [0.1, 0.15) is 11.3 Å². The molecule has 1 fully saturated rings. The fraction of sp³-hybridized carbons (Fsp3) is 0.300. The second kappa shape index (κ2) is 5.17. The third-order valence-corrected chi connectivity index (χ3v) is 5.10. The van der Waals surface area contributed by atoms with E-state index in [2.05, 4.69) is 9.55 Å². The van der Waals surface area contributed by atoms with Gasteiger partial charge in [0.05, 0.1) is 11.1 Å². The first-order valence-electron chi connectivity index (χ1n) is 8.60. The van der Waals surface area contributed by atoms with Gasteiger partial charge in [0.15, 0.2) is 23.7 Å². The monoisotopic (exact) mass is 334 g/mol. The van der Waals surface area contributed by atoms with Crippen molar-refractivity contribution in [2.75, 3.05) is 0 Å². The minimum absolute atomic E-state index is 0.310. The molecule has 2 aliphatic rings. The summed E-state index contributed by atoms with van der Waals surface area (Å²) in [4.78, 5) is 17.4. The molecule has 126 valence electrons. The highest BCUT2D eigenvalue weighted by Gasteiger charge is 2.39. The van der Waals surface area contributed by atoms with Crippen molar-refractivity contribution in [3.8, 4) is 5.75 Å². The summed E-state index contributed by atoms with van der Waals surface area (Å²) >= 11 is 0. The van der Waals surface area contributed by atoms with Gasteiger partial charge < -0.3 is 14.4 Å². The number of nitrogens with zero attached hydrogens (tertiary/aromatic N) is 2. The second-order valence-corrected chi connectivity index (χ2v) is 6.83. The Morgan fingerprint density at radius 3 is 2.64 bits per heavy atom. The molecular formula is C20H18N2O3. The molecule has 5 nitrogen and oxygen atoms in total. The predicted molar refractivity (Wildman–Crippen MR) is 92.9 cm³/mol. The number of aliphatic hydroxyl groups is 1. The van der Waals surface area contributed by atoms with E-state index < -0.39 is 12.2 Å². The summed E-state index contributed by atoms with van der Waals surface area (Å²) in [7, 11) is 0. The maximum absolute atomic E-state index is 12.7. The number of carbonyl (C=O) groups is 1. The molecule has 0 amide bonds. The first-order valence-corrected chi connectivity index (χ1v) is 8.60. The molecular weight excluding hydrogens is 316 g/mol. The smallest absolute Gasteiger partial charge is 0.199 e. The maximum atomic E-state index is 12.7. The Labute approximate surface area is 144 Å². The van der Waals surface area contributed by atoms with Crippen molar-refractivity contribution in [1.29, 1.82) is 0 Å².